The molecule has 96 valence electrons. The van der Waals surface area contributed by atoms with Gasteiger partial charge in [-0.3, -0.25) is 0 Å². The minimum absolute atomic E-state index is 0.358. The van der Waals surface area contributed by atoms with Gasteiger partial charge in [0.1, 0.15) is 5.82 Å². The summed E-state index contributed by atoms with van der Waals surface area (Å²) in [6.45, 7) is 4.74. The molecule has 0 aliphatic heterocycles. The number of imidazole rings is 1. The molecule has 2 rings (SSSR count). The molecule has 4 heteroatoms. The van der Waals surface area contributed by atoms with Gasteiger partial charge in [-0.1, -0.05) is 41.9 Å². The molecule has 3 nitrogen and oxygen atoms in total. The van der Waals surface area contributed by atoms with E-state index in [1.807, 2.05) is 35.0 Å². The standard InChI is InChI=1S/C14H17BrN2O/c1-10(2)14-16-7-8-17(14)9-13(18)11-3-5-12(15)6-4-11/h3-8,10,13,18H,9H2,1-2H3. The van der Waals surface area contributed by atoms with Crippen molar-refractivity contribution in [3.05, 3.63) is 52.5 Å². The van der Waals surface area contributed by atoms with E-state index < -0.39 is 6.10 Å². The van der Waals surface area contributed by atoms with E-state index in [2.05, 4.69) is 34.8 Å². The summed E-state index contributed by atoms with van der Waals surface area (Å²) in [5, 5.41) is 10.2. The average Bonchev–Trinajstić information content (AvgIpc) is 2.78. The zero-order valence-corrected chi connectivity index (χ0v) is 12.1. The summed E-state index contributed by atoms with van der Waals surface area (Å²) in [6.07, 6.45) is 3.19. The Morgan fingerprint density at radius 2 is 1.94 bits per heavy atom. The molecule has 1 aromatic carbocycles. The summed E-state index contributed by atoms with van der Waals surface area (Å²) < 4.78 is 3.03. The van der Waals surface area contributed by atoms with Gasteiger partial charge in [-0.2, -0.15) is 0 Å². The van der Waals surface area contributed by atoms with E-state index in [0.29, 0.717) is 12.5 Å². The lowest BCUT2D eigenvalue weighted by atomic mass is 10.1. The van der Waals surface area contributed by atoms with Crippen LogP contribution in [0.15, 0.2) is 41.1 Å². The van der Waals surface area contributed by atoms with Gasteiger partial charge in [0.2, 0.25) is 0 Å². The molecule has 0 aliphatic rings. The van der Waals surface area contributed by atoms with Crippen LogP contribution < -0.4 is 0 Å². The van der Waals surface area contributed by atoms with E-state index in [0.717, 1.165) is 15.9 Å². The van der Waals surface area contributed by atoms with Crippen molar-refractivity contribution in [1.29, 1.82) is 0 Å². The van der Waals surface area contributed by atoms with E-state index in [9.17, 15) is 5.11 Å². The third kappa shape index (κ3) is 3.00. The second-order valence-electron chi connectivity index (χ2n) is 4.66. The summed E-state index contributed by atoms with van der Waals surface area (Å²) >= 11 is 3.39. The maximum absolute atomic E-state index is 10.2. The third-order valence-electron chi connectivity index (χ3n) is 2.89. The number of hydrogen-bond donors (Lipinski definition) is 1. The van der Waals surface area contributed by atoms with E-state index in [-0.39, 0.29) is 0 Å². The lowest BCUT2D eigenvalue weighted by molar-refractivity contribution is 0.155. The van der Waals surface area contributed by atoms with Crippen LogP contribution in [-0.4, -0.2) is 14.7 Å². The van der Waals surface area contributed by atoms with Crippen molar-refractivity contribution in [2.45, 2.75) is 32.4 Å². The second-order valence-corrected chi connectivity index (χ2v) is 5.58. The van der Waals surface area contributed by atoms with Gasteiger partial charge in [0.15, 0.2) is 0 Å². The molecular formula is C14H17BrN2O. The highest BCUT2D eigenvalue weighted by Crippen LogP contribution is 2.20. The molecule has 1 N–H and O–H groups in total. The first-order valence-electron chi connectivity index (χ1n) is 6.02. The summed E-state index contributed by atoms with van der Waals surface area (Å²) in [6, 6.07) is 7.74. The molecule has 0 saturated heterocycles. The van der Waals surface area contributed by atoms with Crippen LogP contribution in [0.25, 0.3) is 0 Å². The van der Waals surface area contributed by atoms with Gasteiger partial charge in [-0.05, 0) is 17.7 Å². The largest absolute Gasteiger partial charge is 0.387 e. The summed E-state index contributed by atoms with van der Waals surface area (Å²) in [5.41, 5.74) is 0.918. The van der Waals surface area contributed by atoms with E-state index >= 15 is 0 Å². The van der Waals surface area contributed by atoms with Crippen LogP contribution in [0.4, 0.5) is 0 Å². The van der Waals surface area contributed by atoms with E-state index in [1.54, 1.807) is 6.20 Å². The highest BCUT2D eigenvalue weighted by atomic mass is 79.9. The van der Waals surface area contributed by atoms with Crippen molar-refractivity contribution >= 4 is 15.9 Å². The van der Waals surface area contributed by atoms with Gasteiger partial charge in [-0.25, -0.2) is 4.98 Å². The minimum atomic E-state index is -0.509. The molecule has 1 atom stereocenters. The van der Waals surface area contributed by atoms with E-state index in [1.165, 1.54) is 0 Å². The van der Waals surface area contributed by atoms with Crippen molar-refractivity contribution in [3.8, 4) is 0 Å². The lowest BCUT2D eigenvalue weighted by Gasteiger charge is -2.15. The van der Waals surface area contributed by atoms with Crippen LogP contribution in [-0.2, 0) is 6.54 Å². The van der Waals surface area contributed by atoms with Crippen LogP contribution in [0, 0.1) is 0 Å². The van der Waals surface area contributed by atoms with Crippen molar-refractivity contribution in [1.82, 2.24) is 9.55 Å². The molecule has 1 heterocycles. The Kier molecular flexibility index (Phi) is 4.19. The lowest BCUT2D eigenvalue weighted by Crippen LogP contribution is -2.11. The normalized spacial score (nSPS) is 12.9. The van der Waals surface area contributed by atoms with Crippen molar-refractivity contribution < 1.29 is 5.11 Å². The first-order valence-corrected chi connectivity index (χ1v) is 6.82. The predicted octanol–water partition coefficient (Wildman–Crippen LogP) is 3.50. The number of aromatic nitrogens is 2. The fraction of sp³-hybridized carbons (Fsp3) is 0.357. The Morgan fingerprint density at radius 1 is 1.28 bits per heavy atom. The average molecular weight is 309 g/mol. The quantitative estimate of drug-likeness (QED) is 0.938. The molecule has 0 radical (unpaired) electrons. The summed E-state index contributed by atoms with van der Waals surface area (Å²) in [7, 11) is 0. The van der Waals surface area contributed by atoms with Gasteiger partial charge in [-0.15, -0.1) is 0 Å². The Labute approximate surface area is 116 Å². The topological polar surface area (TPSA) is 38.0 Å². The minimum Gasteiger partial charge on any atom is -0.387 e. The predicted molar refractivity (Wildman–Crippen MR) is 75.4 cm³/mol. The van der Waals surface area contributed by atoms with Crippen LogP contribution in [0.1, 0.15) is 37.3 Å². The molecule has 2 aromatic rings. The van der Waals surface area contributed by atoms with Gasteiger partial charge in [0, 0.05) is 22.8 Å². The van der Waals surface area contributed by atoms with Crippen LogP contribution >= 0.6 is 15.9 Å². The Hall–Kier alpha value is -1.13. The Balaban J connectivity index is 2.13. The number of hydrogen-bond acceptors (Lipinski definition) is 2. The molecule has 0 saturated carbocycles. The number of halogens is 1. The maximum Gasteiger partial charge on any atom is 0.111 e. The first kappa shape index (κ1) is 13.3. The molecule has 0 spiro atoms. The smallest absolute Gasteiger partial charge is 0.111 e. The van der Waals surface area contributed by atoms with Crippen LogP contribution in [0.3, 0.4) is 0 Å². The fourth-order valence-corrected chi connectivity index (χ4v) is 2.22. The van der Waals surface area contributed by atoms with Gasteiger partial charge < -0.3 is 9.67 Å². The zero-order valence-electron chi connectivity index (χ0n) is 10.5. The molecule has 1 unspecified atom stereocenters. The molecule has 0 aliphatic carbocycles. The highest BCUT2D eigenvalue weighted by Gasteiger charge is 2.12. The summed E-state index contributed by atoms with van der Waals surface area (Å²) in [4.78, 5) is 4.32. The van der Waals surface area contributed by atoms with Crippen molar-refractivity contribution in [2.24, 2.45) is 0 Å². The van der Waals surface area contributed by atoms with Gasteiger partial charge >= 0.3 is 0 Å². The molecule has 0 amide bonds. The fourth-order valence-electron chi connectivity index (χ4n) is 1.95. The number of aliphatic hydroxyl groups is 1. The SMILES string of the molecule is CC(C)c1nccn1CC(O)c1ccc(Br)cc1. The third-order valence-corrected chi connectivity index (χ3v) is 3.42. The number of nitrogens with zero attached hydrogens (tertiary/aromatic N) is 2. The first-order chi connectivity index (χ1) is 8.58. The van der Waals surface area contributed by atoms with Crippen LogP contribution in [0.2, 0.25) is 0 Å². The number of aliphatic hydroxyl groups excluding tert-OH is 1. The maximum atomic E-state index is 10.2. The van der Waals surface area contributed by atoms with Crippen molar-refractivity contribution in [3.63, 3.8) is 0 Å². The monoisotopic (exact) mass is 308 g/mol. The molecule has 0 bridgehead atoms. The molecule has 18 heavy (non-hydrogen) atoms. The number of rotatable bonds is 4. The zero-order chi connectivity index (χ0) is 13.1. The van der Waals surface area contributed by atoms with Gasteiger partial charge in [0.25, 0.3) is 0 Å². The second kappa shape index (κ2) is 5.67. The van der Waals surface area contributed by atoms with Crippen LogP contribution in [0.5, 0.6) is 0 Å². The Bertz CT molecular complexity index is 505. The van der Waals surface area contributed by atoms with E-state index in [4.69, 9.17) is 0 Å². The van der Waals surface area contributed by atoms with Gasteiger partial charge in [0.05, 0.1) is 12.6 Å². The molecular weight excluding hydrogens is 292 g/mol. The highest BCUT2D eigenvalue weighted by molar-refractivity contribution is 9.10. The van der Waals surface area contributed by atoms with Crippen molar-refractivity contribution in [2.75, 3.05) is 0 Å². The Morgan fingerprint density at radius 3 is 2.56 bits per heavy atom. The summed E-state index contributed by atoms with van der Waals surface area (Å²) in [5.74, 6) is 1.36. The molecule has 1 aromatic heterocycles. The number of benzene rings is 1. The molecule has 0 fully saturated rings.